The predicted octanol–water partition coefficient (Wildman–Crippen LogP) is 3.00. The van der Waals surface area contributed by atoms with Crippen LogP contribution >= 0.6 is 23.1 Å². The van der Waals surface area contributed by atoms with Gasteiger partial charge in [0.05, 0.1) is 5.25 Å². The van der Waals surface area contributed by atoms with Crippen molar-refractivity contribution in [3.05, 3.63) is 0 Å². The molecular formula is C15H25N5O2S2. The molecule has 3 amide bonds. The standard InChI is InChI=1S/C15H25N5O2S2/c1-3-9-16-14-19-20-15(24-14)23-10(2)12(21)18-13(22)17-11-7-5-4-6-8-11/h10-11H,3-9H2,1-2H3,(H,16,19)(H2,17,18,21,22). The highest BCUT2D eigenvalue weighted by molar-refractivity contribution is 8.02. The Hall–Kier alpha value is -1.35. The Bertz CT molecular complexity index is 546. The SMILES string of the molecule is CCCNc1nnc(SC(C)C(=O)NC(=O)NC2CCCCC2)s1. The zero-order valence-corrected chi connectivity index (χ0v) is 15.8. The Balaban J connectivity index is 1.74. The van der Waals surface area contributed by atoms with Gasteiger partial charge in [-0.1, -0.05) is 49.3 Å². The molecule has 1 aromatic heterocycles. The number of hydrogen-bond donors (Lipinski definition) is 3. The highest BCUT2D eigenvalue weighted by Crippen LogP contribution is 2.28. The topological polar surface area (TPSA) is 96.0 Å². The number of nitrogens with one attached hydrogen (secondary N) is 3. The molecule has 1 aliphatic carbocycles. The van der Waals surface area contributed by atoms with Crippen LogP contribution in [0.25, 0.3) is 0 Å². The van der Waals surface area contributed by atoms with Gasteiger partial charge in [0.2, 0.25) is 11.0 Å². The molecule has 0 radical (unpaired) electrons. The minimum absolute atomic E-state index is 0.185. The van der Waals surface area contributed by atoms with E-state index in [4.69, 9.17) is 0 Å². The maximum Gasteiger partial charge on any atom is 0.321 e. The summed E-state index contributed by atoms with van der Waals surface area (Å²) in [7, 11) is 0. The van der Waals surface area contributed by atoms with Gasteiger partial charge in [-0.2, -0.15) is 0 Å². The van der Waals surface area contributed by atoms with Crippen LogP contribution in [-0.2, 0) is 4.79 Å². The van der Waals surface area contributed by atoms with Gasteiger partial charge in [-0.25, -0.2) is 4.79 Å². The van der Waals surface area contributed by atoms with E-state index in [2.05, 4.69) is 33.1 Å². The van der Waals surface area contributed by atoms with Crippen LogP contribution in [0.1, 0.15) is 52.4 Å². The van der Waals surface area contributed by atoms with E-state index in [-0.39, 0.29) is 11.9 Å². The summed E-state index contributed by atoms with van der Waals surface area (Å²) < 4.78 is 0.712. The molecule has 3 N–H and O–H groups in total. The van der Waals surface area contributed by atoms with E-state index < -0.39 is 11.3 Å². The predicted molar refractivity (Wildman–Crippen MR) is 97.6 cm³/mol. The molecule has 0 aliphatic heterocycles. The second-order valence-electron chi connectivity index (χ2n) is 5.86. The van der Waals surface area contributed by atoms with Crippen LogP contribution < -0.4 is 16.0 Å². The van der Waals surface area contributed by atoms with Crippen molar-refractivity contribution < 1.29 is 9.59 Å². The lowest BCUT2D eigenvalue weighted by atomic mass is 9.96. The largest absolute Gasteiger partial charge is 0.360 e. The molecule has 2 rings (SSSR count). The highest BCUT2D eigenvalue weighted by atomic mass is 32.2. The Morgan fingerprint density at radius 3 is 2.75 bits per heavy atom. The van der Waals surface area contributed by atoms with E-state index in [0.717, 1.165) is 43.8 Å². The van der Waals surface area contributed by atoms with Crippen molar-refractivity contribution in [3.63, 3.8) is 0 Å². The summed E-state index contributed by atoms with van der Waals surface area (Å²) in [5.74, 6) is -0.313. The fraction of sp³-hybridized carbons (Fsp3) is 0.733. The molecule has 0 bridgehead atoms. The van der Waals surface area contributed by atoms with E-state index in [0.29, 0.717) is 4.34 Å². The van der Waals surface area contributed by atoms with E-state index >= 15 is 0 Å². The Morgan fingerprint density at radius 1 is 1.29 bits per heavy atom. The number of aromatic nitrogens is 2. The van der Waals surface area contributed by atoms with Crippen LogP contribution in [-0.4, -0.2) is 40.0 Å². The minimum atomic E-state index is -0.408. The van der Waals surface area contributed by atoms with Gasteiger partial charge in [-0.15, -0.1) is 10.2 Å². The Morgan fingerprint density at radius 2 is 2.04 bits per heavy atom. The van der Waals surface area contributed by atoms with Gasteiger partial charge in [0.15, 0.2) is 4.34 Å². The second-order valence-corrected chi connectivity index (χ2v) is 8.42. The molecule has 1 fully saturated rings. The van der Waals surface area contributed by atoms with Crippen LogP contribution in [0.2, 0.25) is 0 Å². The summed E-state index contributed by atoms with van der Waals surface area (Å²) in [6, 6.07) is -0.216. The van der Waals surface area contributed by atoms with Gasteiger partial charge >= 0.3 is 6.03 Å². The van der Waals surface area contributed by atoms with Gasteiger partial charge in [-0.3, -0.25) is 10.1 Å². The maximum absolute atomic E-state index is 12.1. The molecule has 1 aromatic rings. The van der Waals surface area contributed by atoms with Crippen molar-refractivity contribution in [3.8, 4) is 0 Å². The normalized spacial score (nSPS) is 16.4. The first-order valence-electron chi connectivity index (χ1n) is 8.44. The second kappa shape index (κ2) is 9.83. The molecule has 0 saturated heterocycles. The lowest BCUT2D eigenvalue weighted by molar-refractivity contribution is -0.119. The van der Waals surface area contributed by atoms with E-state index in [1.165, 1.54) is 29.5 Å². The van der Waals surface area contributed by atoms with E-state index in [1.54, 1.807) is 6.92 Å². The van der Waals surface area contributed by atoms with Crippen LogP contribution in [0.5, 0.6) is 0 Å². The molecule has 1 aliphatic rings. The molecular weight excluding hydrogens is 346 g/mol. The molecule has 1 atom stereocenters. The van der Waals surface area contributed by atoms with Gasteiger partial charge in [0.1, 0.15) is 0 Å². The number of carbonyl (C=O) groups excluding carboxylic acids is 2. The Kier molecular flexibility index (Phi) is 7.77. The lowest BCUT2D eigenvalue weighted by Crippen LogP contribution is -2.47. The number of urea groups is 1. The quantitative estimate of drug-likeness (QED) is 0.638. The van der Waals surface area contributed by atoms with Gasteiger partial charge < -0.3 is 10.6 Å². The zero-order valence-electron chi connectivity index (χ0n) is 14.1. The van der Waals surface area contributed by atoms with Gasteiger partial charge in [0.25, 0.3) is 0 Å². The molecule has 1 unspecified atom stereocenters. The highest BCUT2D eigenvalue weighted by Gasteiger charge is 2.21. The van der Waals surface area contributed by atoms with Crippen molar-refractivity contribution in [2.24, 2.45) is 0 Å². The molecule has 24 heavy (non-hydrogen) atoms. The average molecular weight is 372 g/mol. The molecule has 1 saturated carbocycles. The zero-order chi connectivity index (χ0) is 17.4. The van der Waals surface area contributed by atoms with Crippen molar-refractivity contribution in [1.82, 2.24) is 20.8 Å². The maximum atomic E-state index is 12.1. The minimum Gasteiger partial charge on any atom is -0.360 e. The summed E-state index contributed by atoms with van der Waals surface area (Å²) in [4.78, 5) is 24.0. The first kappa shape index (κ1) is 19.0. The van der Waals surface area contributed by atoms with Crippen LogP contribution in [0.15, 0.2) is 4.34 Å². The molecule has 9 heteroatoms. The molecule has 0 spiro atoms. The fourth-order valence-corrected chi connectivity index (χ4v) is 4.37. The van der Waals surface area contributed by atoms with Crippen molar-refractivity contribution in [2.75, 3.05) is 11.9 Å². The number of thioether (sulfide) groups is 1. The molecule has 7 nitrogen and oxygen atoms in total. The van der Waals surface area contributed by atoms with Gasteiger partial charge in [-0.05, 0) is 26.2 Å². The first-order valence-corrected chi connectivity index (χ1v) is 10.1. The molecule has 134 valence electrons. The summed E-state index contributed by atoms with van der Waals surface area (Å²) in [6.45, 7) is 4.68. The molecule has 1 heterocycles. The molecule has 0 aromatic carbocycles. The van der Waals surface area contributed by atoms with Gasteiger partial charge in [0, 0.05) is 12.6 Å². The smallest absolute Gasteiger partial charge is 0.321 e. The third-order valence-electron chi connectivity index (χ3n) is 3.76. The van der Waals surface area contributed by atoms with Crippen molar-refractivity contribution >= 4 is 40.2 Å². The van der Waals surface area contributed by atoms with Crippen LogP contribution in [0.3, 0.4) is 0 Å². The number of hydrogen-bond acceptors (Lipinski definition) is 7. The first-order chi connectivity index (χ1) is 11.6. The van der Waals surface area contributed by atoms with Crippen molar-refractivity contribution in [2.45, 2.75) is 68.0 Å². The average Bonchev–Trinajstić information content (AvgIpc) is 3.01. The summed E-state index contributed by atoms with van der Waals surface area (Å²) in [6.07, 6.45) is 6.49. The number of amides is 3. The lowest BCUT2D eigenvalue weighted by Gasteiger charge is -2.22. The monoisotopic (exact) mass is 371 g/mol. The fourth-order valence-electron chi connectivity index (χ4n) is 2.45. The third-order valence-corrected chi connectivity index (χ3v) is 5.82. The van der Waals surface area contributed by atoms with E-state index in [1.807, 2.05) is 0 Å². The van der Waals surface area contributed by atoms with Crippen LogP contribution in [0, 0.1) is 0 Å². The number of imide groups is 1. The third kappa shape index (κ3) is 6.27. The summed E-state index contributed by atoms with van der Waals surface area (Å²) in [5.41, 5.74) is 0. The number of nitrogens with zero attached hydrogens (tertiary/aromatic N) is 2. The number of anilines is 1. The summed E-state index contributed by atoms with van der Waals surface area (Å²) >= 11 is 2.72. The van der Waals surface area contributed by atoms with E-state index in [9.17, 15) is 9.59 Å². The van der Waals surface area contributed by atoms with Crippen molar-refractivity contribution in [1.29, 1.82) is 0 Å². The van der Waals surface area contributed by atoms with Crippen LogP contribution in [0.4, 0.5) is 9.93 Å². The Labute approximate surface area is 150 Å². The number of rotatable bonds is 7. The number of carbonyl (C=O) groups is 2. The summed E-state index contributed by atoms with van der Waals surface area (Å²) in [5, 5.41) is 16.9.